The third-order valence-electron chi connectivity index (χ3n) is 3.16. The van der Waals surface area contributed by atoms with Crippen LogP contribution in [0.2, 0.25) is 0 Å². The van der Waals surface area contributed by atoms with Crippen molar-refractivity contribution in [1.82, 2.24) is 0 Å². The van der Waals surface area contributed by atoms with Gasteiger partial charge in [-0.05, 0) is 12.5 Å². The van der Waals surface area contributed by atoms with E-state index >= 15 is 0 Å². The van der Waals surface area contributed by atoms with Crippen molar-refractivity contribution < 1.29 is 33.6 Å². The smallest absolute Gasteiger partial charge is 0.338 e. The molecular formula is C12H16O7. The van der Waals surface area contributed by atoms with Crippen molar-refractivity contribution >= 4 is 11.9 Å². The van der Waals surface area contributed by atoms with Crippen LogP contribution in [0.25, 0.3) is 0 Å². The monoisotopic (exact) mass is 272 g/mol. The first-order valence-electron chi connectivity index (χ1n) is 5.90. The summed E-state index contributed by atoms with van der Waals surface area (Å²) in [5.41, 5.74) is 0. The maximum absolute atomic E-state index is 11.6. The molecule has 1 heterocycles. The molecule has 0 aromatic rings. The molecule has 0 saturated carbocycles. The lowest BCUT2D eigenvalue weighted by Crippen LogP contribution is -2.38. The van der Waals surface area contributed by atoms with Gasteiger partial charge in [0, 0.05) is 6.42 Å². The first-order valence-corrected chi connectivity index (χ1v) is 5.90. The Morgan fingerprint density at radius 3 is 2.11 bits per heavy atom. The Hall–Kier alpha value is -1.44. The summed E-state index contributed by atoms with van der Waals surface area (Å²) in [5, 5.41) is 9.41. The maximum atomic E-state index is 11.6. The molecule has 2 aliphatic rings. The molecule has 106 valence electrons. The molecule has 0 amide bonds. The summed E-state index contributed by atoms with van der Waals surface area (Å²) in [6, 6.07) is 0. The number of hydrogen-bond acceptors (Lipinski definition) is 7. The molecule has 1 aliphatic heterocycles. The van der Waals surface area contributed by atoms with Crippen molar-refractivity contribution in [2.75, 3.05) is 14.2 Å². The highest BCUT2D eigenvalue weighted by molar-refractivity contribution is 5.86. The van der Waals surface area contributed by atoms with Crippen LogP contribution in [-0.4, -0.2) is 55.4 Å². The summed E-state index contributed by atoms with van der Waals surface area (Å²) < 4.78 is 20.2. The summed E-state index contributed by atoms with van der Waals surface area (Å²) in [6.45, 7) is 0. The Bertz CT molecular complexity index is 379. The van der Waals surface area contributed by atoms with Crippen LogP contribution in [0.3, 0.4) is 0 Å². The van der Waals surface area contributed by atoms with E-state index in [-0.39, 0.29) is 0 Å². The second-order valence-corrected chi connectivity index (χ2v) is 4.40. The lowest BCUT2D eigenvalue weighted by Gasteiger charge is -2.28. The summed E-state index contributed by atoms with van der Waals surface area (Å²) >= 11 is 0. The summed E-state index contributed by atoms with van der Waals surface area (Å²) in [6.07, 6.45) is 0.864. The van der Waals surface area contributed by atoms with E-state index in [2.05, 4.69) is 9.47 Å². The van der Waals surface area contributed by atoms with Crippen LogP contribution in [0.15, 0.2) is 12.2 Å². The van der Waals surface area contributed by atoms with E-state index in [0.717, 1.165) is 0 Å². The molecule has 0 radical (unpaired) electrons. The van der Waals surface area contributed by atoms with Crippen molar-refractivity contribution in [2.45, 2.75) is 36.9 Å². The molecule has 1 N–H and O–H groups in total. The van der Waals surface area contributed by atoms with Gasteiger partial charge in [-0.3, -0.25) is 0 Å². The van der Waals surface area contributed by atoms with E-state index < -0.39 is 36.0 Å². The van der Waals surface area contributed by atoms with E-state index in [1.54, 1.807) is 0 Å². The van der Waals surface area contributed by atoms with E-state index in [9.17, 15) is 14.7 Å². The lowest BCUT2D eigenvalue weighted by atomic mass is 10.00. The van der Waals surface area contributed by atoms with Gasteiger partial charge in [0.25, 0.3) is 0 Å². The quantitative estimate of drug-likeness (QED) is 0.536. The highest BCUT2D eigenvalue weighted by Crippen LogP contribution is 2.37. The van der Waals surface area contributed by atoms with Gasteiger partial charge in [0.05, 0.1) is 20.3 Å². The summed E-state index contributed by atoms with van der Waals surface area (Å²) in [5.74, 6) is -2.59. The number of aliphatic hydroxyl groups excluding tert-OH is 1. The number of esters is 2. The molecule has 7 heteroatoms. The number of hydrogen-bond donors (Lipinski definition) is 1. The molecule has 3 atom stereocenters. The molecule has 0 aromatic heterocycles. The maximum Gasteiger partial charge on any atom is 0.338 e. The fourth-order valence-electron chi connectivity index (χ4n) is 2.14. The van der Waals surface area contributed by atoms with Gasteiger partial charge in [-0.15, -0.1) is 0 Å². The minimum Gasteiger partial charge on any atom is -0.467 e. The topological polar surface area (TPSA) is 91.3 Å². The SMILES string of the molecule is COC(=O)[C@@H]1OC2(C=C[C@H](O)CC2)O[C@H]1C(=O)OC. The van der Waals surface area contributed by atoms with Crippen LogP contribution in [-0.2, 0) is 28.5 Å². The van der Waals surface area contributed by atoms with Crippen LogP contribution in [0.4, 0.5) is 0 Å². The highest BCUT2D eigenvalue weighted by atomic mass is 16.8. The van der Waals surface area contributed by atoms with Crippen molar-refractivity contribution in [1.29, 1.82) is 0 Å². The third-order valence-corrected chi connectivity index (χ3v) is 3.16. The third kappa shape index (κ3) is 2.63. The first-order chi connectivity index (χ1) is 9.01. The molecular weight excluding hydrogens is 256 g/mol. The minimum absolute atomic E-state index is 0.339. The molecule has 0 bridgehead atoms. The zero-order valence-corrected chi connectivity index (χ0v) is 10.7. The highest BCUT2D eigenvalue weighted by Gasteiger charge is 2.54. The van der Waals surface area contributed by atoms with Crippen LogP contribution >= 0.6 is 0 Å². The number of rotatable bonds is 2. The van der Waals surface area contributed by atoms with Crippen molar-refractivity contribution in [2.24, 2.45) is 0 Å². The van der Waals surface area contributed by atoms with Gasteiger partial charge >= 0.3 is 11.9 Å². The zero-order valence-electron chi connectivity index (χ0n) is 10.7. The Morgan fingerprint density at radius 1 is 1.21 bits per heavy atom. The Morgan fingerprint density at radius 2 is 1.74 bits per heavy atom. The fourth-order valence-corrected chi connectivity index (χ4v) is 2.14. The number of ether oxygens (including phenoxy) is 4. The standard InChI is InChI=1S/C12H16O7/c1-16-10(14)8-9(11(15)17-2)19-12(18-8)5-3-7(13)4-6-12/h3,5,7-9,13H,4,6H2,1-2H3/t7-,8+,9+/m0/s1. The Labute approximate surface area is 110 Å². The van der Waals surface area contributed by atoms with Crippen LogP contribution in [0, 0.1) is 0 Å². The van der Waals surface area contributed by atoms with Gasteiger partial charge in [0.15, 0.2) is 18.0 Å². The van der Waals surface area contributed by atoms with Crippen LogP contribution < -0.4 is 0 Å². The van der Waals surface area contributed by atoms with Gasteiger partial charge in [-0.2, -0.15) is 0 Å². The van der Waals surface area contributed by atoms with Gasteiger partial charge in [-0.1, -0.05) is 6.08 Å². The molecule has 0 aromatic carbocycles. The van der Waals surface area contributed by atoms with Crippen molar-refractivity contribution in [3.8, 4) is 0 Å². The number of carbonyl (C=O) groups excluding carboxylic acids is 2. The van der Waals surface area contributed by atoms with Gasteiger partial charge < -0.3 is 24.1 Å². The van der Waals surface area contributed by atoms with Gasteiger partial charge in [0.1, 0.15) is 0 Å². The minimum atomic E-state index is -1.18. The normalized spacial score (nSPS) is 32.3. The van der Waals surface area contributed by atoms with E-state index in [4.69, 9.17) is 9.47 Å². The van der Waals surface area contributed by atoms with E-state index in [1.165, 1.54) is 26.4 Å². The molecule has 0 unspecified atom stereocenters. The molecule has 1 aliphatic carbocycles. The first kappa shape index (κ1) is 14.0. The average molecular weight is 272 g/mol. The van der Waals surface area contributed by atoms with Crippen LogP contribution in [0.5, 0.6) is 0 Å². The van der Waals surface area contributed by atoms with Crippen molar-refractivity contribution in [3.63, 3.8) is 0 Å². The molecule has 1 saturated heterocycles. The lowest BCUT2D eigenvalue weighted by molar-refractivity contribution is -0.172. The van der Waals surface area contributed by atoms with E-state index in [0.29, 0.717) is 12.8 Å². The largest absolute Gasteiger partial charge is 0.467 e. The molecule has 7 nitrogen and oxygen atoms in total. The second kappa shape index (κ2) is 5.28. The second-order valence-electron chi connectivity index (χ2n) is 4.40. The molecule has 1 fully saturated rings. The van der Waals surface area contributed by atoms with Gasteiger partial charge in [0.2, 0.25) is 0 Å². The molecule has 19 heavy (non-hydrogen) atoms. The Kier molecular flexibility index (Phi) is 3.88. The van der Waals surface area contributed by atoms with E-state index in [1.807, 2.05) is 0 Å². The van der Waals surface area contributed by atoms with Crippen LogP contribution in [0.1, 0.15) is 12.8 Å². The number of carbonyl (C=O) groups is 2. The zero-order chi connectivity index (χ0) is 14.0. The predicted octanol–water partition coefficient (Wildman–Crippen LogP) is -0.476. The average Bonchev–Trinajstić information content (AvgIpc) is 2.80. The number of aliphatic hydroxyl groups is 1. The summed E-state index contributed by atoms with van der Waals surface area (Å²) in [4.78, 5) is 23.3. The molecule has 1 spiro atoms. The molecule has 2 rings (SSSR count). The summed E-state index contributed by atoms with van der Waals surface area (Å²) in [7, 11) is 2.40. The predicted molar refractivity (Wildman–Crippen MR) is 60.9 cm³/mol. The fraction of sp³-hybridized carbons (Fsp3) is 0.667. The Balaban J connectivity index is 2.22. The number of methoxy groups -OCH3 is 2. The van der Waals surface area contributed by atoms with Crippen molar-refractivity contribution in [3.05, 3.63) is 12.2 Å². The van der Waals surface area contributed by atoms with Gasteiger partial charge in [-0.25, -0.2) is 9.59 Å².